The lowest BCUT2D eigenvalue weighted by Crippen LogP contribution is -2.19. The predicted molar refractivity (Wildman–Crippen MR) is 84.2 cm³/mol. The molecule has 3 nitrogen and oxygen atoms in total. The Morgan fingerprint density at radius 1 is 1.24 bits per heavy atom. The van der Waals surface area contributed by atoms with E-state index in [1.54, 1.807) is 0 Å². The first-order valence-corrected chi connectivity index (χ1v) is 7.65. The van der Waals surface area contributed by atoms with Gasteiger partial charge in [0, 0.05) is 5.92 Å². The molecule has 0 radical (unpaired) electrons. The lowest BCUT2D eigenvalue weighted by Gasteiger charge is -2.15. The second-order valence-electron chi connectivity index (χ2n) is 5.93. The molecule has 0 amide bonds. The summed E-state index contributed by atoms with van der Waals surface area (Å²) in [4.78, 5) is 12.3. The van der Waals surface area contributed by atoms with Crippen LogP contribution in [0.2, 0.25) is 0 Å². The van der Waals surface area contributed by atoms with Crippen LogP contribution in [0.5, 0.6) is 5.75 Å². The van der Waals surface area contributed by atoms with E-state index in [4.69, 9.17) is 4.74 Å². The van der Waals surface area contributed by atoms with Crippen LogP contribution in [0, 0.1) is 23.2 Å². The Bertz CT molecular complexity index is 485. The van der Waals surface area contributed by atoms with Gasteiger partial charge >= 0.3 is 0 Å². The third-order valence-corrected chi connectivity index (χ3v) is 3.42. The summed E-state index contributed by atoms with van der Waals surface area (Å²) in [6.45, 7) is 8.79. The molecule has 0 fully saturated rings. The molecule has 0 spiro atoms. The Balaban J connectivity index is 2.78. The Morgan fingerprint density at radius 2 is 1.86 bits per heavy atom. The number of nitrogens with zero attached hydrogens (tertiary/aromatic N) is 1. The average molecular weight is 287 g/mol. The zero-order chi connectivity index (χ0) is 15.8. The van der Waals surface area contributed by atoms with E-state index in [1.165, 1.54) is 0 Å². The Labute approximate surface area is 127 Å². The van der Waals surface area contributed by atoms with E-state index in [-0.39, 0.29) is 11.7 Å². The summed E-state index contributed by atoms with van der Waals surface area (Å²) < 4.78 is 5.61. The highest BCUT2D eigenvalue weighted by atomic mass is 16.5. The molecule has 0 heterocycles. The first-order chi connectivity index (χ1) is 9.99. The van der Waals surface area contributed by atoms with Gasteiger partial charge in [0.1, 0.15) is 11.7 Å². The van der Waals surface area contributed by atoms with Crippen LogP contribution in [0.4, 0.5) is 0 Å². The van der Waals surface area contributed by atoms with Crippen LogP contribution >= 0.6 is 0 Å². The summed E-state index contributed by atoms with van der Waals surface area (Å²) in [6.07, 6.45) is 1.78. The smallest absolute Gasteiger partial charge is 0.157 e. The largest absolute Gasteiger partial charge is 0.493 e. The molecule has 0 aliphatic carbocycles. The van der Waals surface area contributed by atoms with E-state index < -0.39 is 5.92 Å². The van der Waals surface area contributed by atoms with Gasteiger partial charge in [-0.25, -0.2) is 0 Å². The van der Waals surface area contributed by atoms with Crippen LogP contribution in [0.25, 0.3) is 0 Å². The number of benzene rings is 1. The van der Waals surface area contributed by atoms with Crippen LogP contribution in [-0.2, 0) is 4.79 Å². The van der Waals surface area contributed by atoms with Crippen molar-refractivity contribution in [2.45, 2.75) is 46.5 Å². The maximum Gasteiger partial charge on any atom is 0.157 e. The molecule has 0 aliphatic rings. The third-order valence-electron chi connectivity index (χ3n) is 3.42. The monoisotopic (exact) mass is 287 g/mol. The topological polar surface area (TPSA) is 50.1 Å². The Kier molecular flexibility index (Phi) is 6.94. The van der Waals surface area contributed by atoms with Crippen LogP contribution < -0.4 is 4.74 Å². The van der Waals surface area contributed by atoms with Gasteiger partial charge in [-0.05, 0) is 30.0 Å². The maximum atomic E-state index is 12.3. The molecule has 0 aromatic heterocycles. The Morgan fingerprint density at radius 3 is 2.33 bits per heavy atom. The van der Waals surface area contributed by atoms with Gasteiger partial charge in [0.05, 0.1) is 12.7 Å². The normalized spacial score (nSPS) is 13.5. The number of carbonyl (C=O) groups excluding carboxylic acids is 1. The SMILES string of the molecule is CCCC(C)C(=O)C(C#N)c1ccc(OCC(C)C)cc1. The standard InChI is InChI=1S/C18H25NO2/c1-5-6-14(4)18(20)17(11-19)15-7-9-16(10-8-15)21-12-13(2)3/h7-10,13-14,17H,5-6,12H2,1-4H3. The Hall–Kier alpha value is -1.82. The predicted octanol–water partition coefficient (Wildman–Crippen LogP) is 4.33. The second kappa shape index (κ2) is 8.46. The van der Waals surface area contributed by atoms with Crippen molar-refractivity contribution in [3.05, 3.63) is 29.8 Å². The lowest BCUT2D eigenvalue weighted by molar-refractivity contribution is -0.122. The first-order valence-electron chi connectivity index (χ1n) is 7.65. The first kappa shape index (κ1) is 17.2. The van der Waals surface area contributed by atoms with E-state index in [2.05, 4.69) is 19.9 Å². The number of nitriles is 1. The van der Waals surface area contributed by atoms with E-state index in [1.807, 2.05) is 38.1 Å². The zero-order valence-electron chi connectivity index (χ0n) is 13.4. The van der Waals surface area contributed by atoms with E-state index >= 15 is 0 Å². The summed E-state index contributed by atoms with van der Waals surface area (Å²) in [5.41, 5.74) is 0.752. The molecule has 1 aromatic carbocycles. The van der Waals surface area contributed by atoms with Crippen LogP contribution in [0.1, 0.15) is 52.0 Å². The van der Waals surface area contributed by atoms with E-state index in [9.17, 15) is 10.1 Å². The summed E-state index contributed by atoms with van der Waals surface area (Å²) in [7, 11) is 0. The quantitative estimate of drug-likeness (QED) is 0.715. The van der Waals surface area contributed by atoms with Gasteiger partial charge in [0.15, 0.2) is 5.78 Å². The maximum absolute atomic E-state index is 12.3. The van der Waals surface area contributed by atoms with Crippen molar-refractivity contribution in [2.75, 3.05) is 6.61 Å². The molecule has 3 heteroatoms. The average Bonchev–Trinajstić information content (AvgIpc) is 2.47. The number of Topliss-reactive ketones (excluding diaryl/α,β-unsaturated/α-hetero) is 1. The molecule has 114 valence electrons. The number of ether oxygens (including phenoxy) is 1. The minimum absolute atomic E-state index is 0.00944. The molecule has 2 unspecified atom stereocenters. The van der Waals surface area contributed by atoms with Gasteiger partial charge in [-0.1, -0.05) is 46.2 Å². The molecule has 0 N–H and O–H groups in total. The van der Waals surface area contributed by atoms with Crippen molar-refractivity contribution >= 4 is 5.78 Å². The fourth-order valence-corrected chi connectivity index (χ4v) is 2.18. The fraction of sp³-hybridized carbons (Fsp3) is 0.556. The van der Waals surface area contributed by atoms with Gasteiger partial charge in [-0.2, -0.15) is 5.26 Å². The number of carbonyl (C=O) groups is 1. The third kappa shape index (κ3) is 5.23. The number of rotatable bonds is 8. The minimum atomic E-state index is -0.675. The molecular weight excluding hydrogens is 262 g/mol. The van der Waals surface area contributed by atoms with Crippen LogP contribution in [-0.4, -0.2) is 12.4 Å². The van der Waals surface area contributed by atoms with Gasteiger partial charge in [0.2, 0.25) is 0 Å². The van der Waals surface area contributed by atoms with Crippen LogP contribution in [0.3, 0.4) is 0 Å². The molecular formula is C18H25NO2. The van der Waals surface area contributed by atoms with Crippen molar-refractivity contribution in [3.63, 3.8) is 0 Å². The zero-order valence-corrected chi connectivity index (χ0v) is 13.4. The molecule has 21 heavy (non-hydrogen) atoms. The molecule has 0 bridgehead atoms. The second-order valence-corrected chi connectivity index (χ2v) is 5.93. The van der Waals surface area contributed by atoms with Crippen molar-refractivity contribution in [1.29, 1.82) is 5.26 Å². The van der Waals surface area contributed by atoms with Crippen LogP contribution in [0.15, 0.2) is 24.3 Å². The molecule has 0 saturated carbocycles. The fourth-order valence-electron chi connectivity index (χ4n) is 2.18. The van der Waals surface area contributed by atoms with E-state index in [0.29, 0.717) is 12.5 Å². The number of ketones is 1. The van der Waals surface area contributed by atoms with Gasteiger partial charge in [-0.3, -0.25) is 4.79 Å². The lowest BCUT2D eigenvalue weighted by atomic mass is 9.87. The van der Waals surface area contributed by atoms with Crippen molar-refractivity contribution in [1.82, 2.24) is 0 Å². The van der Waals surface area contributed by atoms with Gasteiger partial charge in [-0.15, -0.1) is 0 Å². The summed E-state index contributed by atoms with van der Waals surface area (Å²) in [5.74, 6) is 0.503. The van der Waals surface area contributed by atoms with Crippen molar-refractivity contribution in [2.24, 2.45) is 11.8 Å². The van der Waals surface area contributed by atoms with Crippen molar-refractivity contribution < 1.29 is 9.53 Å². The summed E-state index contributed by atoms with van der Waals surface area (Å²) in [6, 6.07) is 9.44. The highest BCUT2D eigenvalue weighted by molar-refractivity contribution is 5.90. The molecule has 1 rings (SSSR count). The molecule has 0 aliphatic heterocycles. The number of hydrogen-bond acceptors (Lipinski definition) is 3. The van der Waals surface area contributed by atoms with Gasteiger partial charge in [0.25, 0.3) is 0 Å². The van der Waals surface area contributed by atoms with E-state index in [0.717, 1.165) is 24.2 Å². The summed E-state index contributed by atoms with van der Waals surface area (Å²) in [5, 5.41) is 9.31. The molecule has 2 atom stereocenters. The minimum Gasteiger partial charge on any atom is -0.493 e. The molecule has 1 aromatic rings. The number of hydrogen-bond donors (Lipinski definition) is 0. The molecule has 0 saturated heterocycles. The summed E-state index contributed by atoms with van der Waals surface area (Å²) >= 11 is 0. The van der Waals surface area contributed by atoms with Gasteiger partial charge < -0.3 is 4.74 Å². The highest BCUT2D eigenvalue weighted by Gasteiger charge is 2.24. The van der Waals surface area contributed by atoms with Crippen molar-refractivity contribution in [3.8, 4) is 11.8 Å². The highest BCUT2D eigenvalue weighted by Crippen LogP contribution is 2.24.